The van der Waals surface area contributed by atoms with Gasteiger partial charge in [-0.2, -0.15) is 0 Å². The van der Waals surface area contributed by atoms with Crippen molar-refractivity contribution in [3.8, 4) is 11.6 Å². The van der Waals surface area contributed by atoms with E-state index in [2.05, 4.69) is 4.98 Å². The number of hydrogen-bond donors (Lipinski definition) is 2. The van der Waals surface area contributed by atoms with Crippen LogP contribution in [-0.2, 0) is 6.61 Å². The van der Waals surface area contributed by atoms with Crippen molar-refractivity contribution in [3.63, 3.8) is 0 Å². The third kappa shape index (κ3) is 3.17. The zero-order chi connectivity index (χ0) is 14.5. The zero-order valence-corrected chi connectivity index (χ0v) is 11.0. The first kappa shape index (κ1) is 13.7. The lowest BCUT2D eigenvalue weighted by molar-refractivity contribution is 0.0994. The van der Waals surface area contributed by atoms with Gasteiger partial charge in [-0.05, 0) is 29.8 Å². The summed E-state index contributed by atoms with van der Waals surface area (Å²) in [5, 5.41) is 0. The van der Waals surface area contributed by atoms with Crippen LogP contribution in [0.25, 0.3) is 0 Å². The van der Waals surface area contributed by atoms with Gasteiger partial charge >= 0.3 is 0 Å². The normalized spacial score (nSPS) is 10.1. The number of primary amides is 1. The third-order valence-electron chi connectivity index (χ3n) is 2.68. The van der Waals surface area contributed by atoms with Gasteiger partial charge in [-0.25, -0.2) is 4.98 Å². The number of aromatic nitrogens is 1. The van der Waals surface area contributed by atoms with E-state index >= 15 is 0 Å². The number of pyridine rings is 1. The van der Waals surface area contributed by atoms with E-state index in [-0.39, 0.29) is 18.2 Å². The van der Waals surface area contributed by atoms with E-state index in [1.165, 1.54) is 12.1 Å². The molecule has 2 aromatic rings. The van der Waals surface area contributed by atoms with Gasteiger partial charge in [0.1, 0.15) is 18.1 Å². The summed E-state index contributed by atoms with van der Waals surface area (Å²) in [7, 11) is 1.60. The molecule has 6 heteroatoms. The molecule has 0 bridgehead atoms. The number of carbonyl (C=O) groups is 1. The Morgan fingerprint density at radius 1 is 1.20 bits per heavy atom. The second kappa shape index (κ2) is 5.92. The van der Waals surface area contributed by atoms with Gasteiger partial charge in [-0.3, -0.25) is 4.79 Å². The minimum atomic E-state index is -0.626. The van der Waals surface area contributed by atoms with Crippen LogP contribution in [0.3, 0.4) is 0 Å². The monoisotopic (exact) mass is 273 g/mol. The van der Waals surface area contributed by atoms with Crippen LogP contribution < -0.4 is 20.9 Å². The quantitative estimate of drug-likeness (QED) is 0.856. The number of hydrogen-bond acceptors (Lipinski definition) is 5. The van der Waals surface area contributed by atoms with Gasteiger partial charge in [-0.15, -0.1) is 0 Å². The molecule has 0 atom stereocenters. The number of methoxy groups -OCH3 is 1. The van der Waals surface area contributed by atoms with E-state index < -0.39 is 5.91 Å². The Labute approximate surface area is 116 Å². The molecule has 2 rings (SSSR count). The molecule has 0 saturated carbocycles. The summed E-state index contributed by atoms with van der Waals surface area (Å²) < 4.78 is 10.6. The van der Waals surface area contributed by atoms with Crippen molar-refractivity contribution < 1.29 is 14.3 Å². The maximum absolute atomic E-state index is 11.1. The number of ether oxygens (including phenoxy) is 2. The highest BCUT2D eigenvalue weighted by Gasteiger charge is 2.08. The maximum Gasteiger partial charge on any atom is 0.267 e. The van der Waals surface area contributed by atoms with Crippen LogP contribution in [0, 0.1) is 0 Å². The van der Waals surface area contributed by atoms with Crippen molar-refractivity contribution in [1.29, 1.82) is 0 Å². The topological polar surface area (TPSA) is 100 Å². The molecule has 0 saturated heterocycles. The van der Waals surface area contributed by atoms with Crippen molar-refractivity contribution in [2.45, 2.75) is 6.61 Å². The molecule has 1 heterocycles. The first-order valence-corrected chi connectivity index (χ1v) is 5.92. The molecule has 4 N–H and O–H groups in total. The van der Waals surface area contributed by atoms with Crippen molar-refractivity contribution >= 4 is 11.6 Å². The minimum Gasteiger partial charge on any atom is -0.497 e. The number of amides is 1. The Bertz CT molecular complexity index is 612. The highest BCUT2D eigenvalue weighted by atomic mass is 16.5. The number of nitrogens with zero attached hydrogens (tertiary/aromatic N) is 1. The molecule has 0 spiro atoms. The highest BCUT2D eigenvalue weighted by Crippen LogP contribution is 2.20. The smallest absolute Gasteiger partial charge is 0.267 e. The lowest BCUT2D eigenvalue weighted by atomic mass is 10.2. The van der Waals surface area contributed by atoms with Gasteiger partial charge in [0, 0.05) is 0 Å². The van der Waals surface area contributed by atoms with E-state index in [1.54, 1.807) is 7.11 Å². The van der Waals surface area contributed by atoms with Gasteiger partial charge in [0.25, 0.3) is 5.91 Å². The SMILES string of the molecule is COc1ccc(COc2nc(C(N)=O)ccc2N)cc1. The molecule has 0 aliphatic heterocycles. The number of rotatable bonds is 5. The third-order valence-corrected chi connectivity index (χ3v) is 2.68. The maximum atomic E-state index is 11.1. The number of nitrogens with two attached hydrogens (primary N) is 2. The molecule has 0 aliphatic carbocycles. The van der Waals surface area contributed by atoms with E-state index in [4.69, 9.17) is 20.9 Å². The number of benzene rings is 1. The lowest BCUT2D eigenvalue weighted by Crippen LogP contribution is -2.14. The van der Waals surface area contributed by atoms with E-state index in [0.717, 1.165) is 11.3 Å². The van der Waals surface area contributed by atoms with Crippen LogP contribution in [0.4, 0.5) is 5.69 Å². The second-order valence-electron chi connectivity index (χ2n) is 4.09. The lowest BCUT2D eigenvalue weighted by Gasteiger charge is -2.09. The number of carbonyl (C=O) groups excluding carboxylic acids is 1. The van der Waals surface area contributed by atoms with E-state index in [9.17, 15) is 4.79 Å². The van der Waals surface area contributed by atoms with Gasteiger partial charge in [0.2, 0.25) is 5.88 Å². The predicted octanol–water partition coefficient (Wildman–Crippen LogP) is 1.35. The molecular formula is C14H15N3O3. The van der Waals surface area contributed by atoms with Crippen LogP contribution in [0.2, 0.25) is 0 Å². The molecule has 20 heavy (non-hydrogen) atoms. The van der Waals surface area contributed by atoms with Crippen LogP contribution >= 0.6 is 0 Å². The number of nitrogen functional groups attached to an aromatic ring is 1. The molecule has 0 unspecified atom stereocenters. The van der Waals surface area contributed by atoms with Crippen LogP contribution in [0.5, 0.6) is 11.6 Å². The van der Waals surface area contributed by atoms with Crippen molar-refractivity contribution in [2.24, 2.45) is 5.73 Å². The van der Waals surface area contributed by atoms with E-state index in [0.29, 0.717) is 5.69 Å². The molecule has 0 aliphatic rings. The molecule has 1 aromatic carbocycles. The molecule has 1 aromatic heterocycles. The van der Waals surface area contributed by atoms with E-state index in [1.807, 2.05) is 24.3 Å². The summed E-state index contributed by atoms with van der Waals surface area (Å²) >= 11 is 0. The fraction of sp³-hybridized carbons (Fsp3) is 0.143. The first-order valence-electron chi connectivity index (χ1n) is 5.92. The molecule has 104 valence electrons. The van der Waals surface area contributed by atoms with Crippen LogP contribution in [0.15, 0.2) is 36.4 Å². The standard InChI is InChI=1S/C14H15N3O3/c1-19-10-4-2-9(3-5-10)8-20-14-11(15)6-7-12(17-14)13(16)18/h2-7H,8,15H2,1H3,(H2,16,18). The summed E-state index contributed by atoms with van der Waals surface area (Å²) in [5.74, 6) is 0.332. The molecule has 0 fully saturated rings. The summed E-state index contributed by atoms with van der Waals surface area (Å²) in [6.45, 7) is 0.281. The summed E-state index contributed by atoms with van der Waals surface area (Å²) in [4.78, 5) is 15.0. The van der Waals surface area contributed by atoms with Crippen LogP contribution in [-0.4, -0.2) is 18.0 Å². The predicted molar refractivity (Wildman–Crippen MR) is 74.5 cm³/mol. The van der Waals surface area contributed by atoms with Crippen molar-refractivity contribution in [2.75, 3.05) is 12.8 Å². The molecule has 6 nitrogen and oxygen atoms in total. The minimum absolute atomic E-state index is 0.115. The van der Waals surface area contributed by atoms with Gasteiger partial charge in [0.05, 0.1) is 12.8 Å². The highest BCUT2D eigenvalue weighted by molar-refractivity contribution is 5.91. The molecular weight excluding hydrogens is 258 g/mol. The summed E-state index contributed by atoms with van der Waals surface area (Å²) in [6.07, 6.45) is 0. The van der Waals surface area contributed by atoms with Crippen molar-refractivity contribution in [3.05, 3.63) is 47.7 Å². The van der Waals surface area contributed by atoms with Gasteiger partial charge in [-0.1, -0.05) is 12.1 Å². The Morgan fingerprint density at radius 2 is 1.90 bits per heavy atom. The Kier molecular flexibility index (Phi) is 4.05. The van der Waals surface area contributed by atoms with Gasteiger partial charge < -0.3 is 20.9 Å². The zero-order valence-electron chi connectivity index (χ0n) is 11.0. The first-order chi connectivity index (χ1) is 9.60. The fourth-order valence-electron chi connectivity index (χ4n) is 1.58. The largest absolute Gasteiger partial charge is 0.497 e. The Balaban J connectivity index is 2.09. The van der Waals surface area contributed by atoms with Gasteiger partial charge in [0.15, 0.2) is 0 Å². The summed E-state index contributed by atoms with van der Waals surface area (Å²) in [6, 6.07) is 10.4. The fourth-order valence-corrected chi connectivity index (χ4v) is 1.58. The Morgan fingerprint density at radius 3 is 2.50 bits per heavy atom. The van der Waals surface area contributed by atoms with Crippen LogP contribution in [0.1, 0.15) is 16.1 Å². The average Bonchev–Trinajstić information content (AvgIpc) is 2.46. The molecule has 1 amide bonds. The average molecular weight is 273 g/mol. The second-order valence-corrected chi connectivity index (χ2v) is 4.09. The van der Waals surface area contributed by atoms with Crippen molar-refractivity contribution in [1.82, 2.24) is 4.98 Å². The summed E-state index contributed by atoms with van der Waals surface area (Å²) in [5.41, 5.74) is 12.3. The molecule has 0 radical (unpaired) electrons. The Hall–Kier alpha value is -2.76. The number of anilines is 1.